The number of nitrogens with one attached hydrogen (secondary N) is 1. The molecule has 2 heterocycles. The van der Waals surface area contributed by atoms with Crippen molar-refractivity contribution < 1.29 is 4.74 Å². The van der Waals surface area contributed by atoms with Crippen molar-refractivity contribution in [1.29, 1.82) is 0 Å². The lowest BCUT2D eigenvalue weighted by Gasteiger charge is -2.48. The van der Waals surface area contributed by atoms with Crippen molar-refractivity contribution >= 4 is 5.69 Å². The Labute approximate surface area is 126 Å². The Kier molecular flexibility index (Phi) is 2.59. The van der Waals surface area contributed by atoms with E-state index in [-0.39, 0.29) is 5.41 Å². The molecular formula is C19H21NO. The topological polar surface area (TPSA) is 21.3 Å². The van der Waals surface area contributed by atoms with Gasteiger partial charge in [-0.2, -0.15) is 0 Å². The highest BCUT2D eigenvalue weighted by atomic mass is 16.5. The standard InChI is InChI=1S/C19H21NO/c1-12-7-6-10-16-17(12)18-14(11-21-16)19(2,3)13-8-4-5-9-15(13)20-18/h4-10,14,18,20H,11H2,1-3H3/t14-,18+/m1/s1. The fourth-order valence-electron chi connectivity index (χ4n) is 3.99. The van der Waals surface area contributed by atoms with E-state index in [1.807, 2.05) is 0 Å². The van der Waals surface area contributed by atoms with Gasteiger partial charge in [0.25, 0.3) is 0 Å². The van der Waals surface area contributed by atoms with E-state index in [1.165, 1.54) is 22.4 Å². The van der Waals surface area contributed by atoms with Crippen LogP contribution >= 0.6 is 0 Å². The van der Waals surface area contributed by atoms with Crippen LogP contribution in [0.15, 0.2) is 42.5 Å². The highest BCUT2D eigenvalue weighted by Crippen LogP contribution is 2.52. The number of anilines is 1. The van der Waals surface area contributed by atoms with Crippen LogP contribution in [0, 0.1) is 12.8 Å². The first-order chi connectivity index (χ1) is 10.1. The predicted molar refractivity (Wildman–Crippen MR) is 86.0 cm³/mol. The molecule has 4 rings (SSSR count). The number of rotatable bonds is 0. The lowest BCUT2D eigenvalue weighted by molar-refractivity contribution is 0.135. The smallest absolute Gasteiger partial charge is 0.124 e. The zero-order valence-corrected chi connectivity index (χ0v) is 12.8. The normalized spacial score (nSPS) is 24.9. The number of para-hydroxylation sites is 1. The van der Waals surface area contributed by atoms with Gasteiger partial charge in [0.1, 0.15) is 5.75 Å². The molecule has 2 aliphatic heterocycles. The Morgan fingerprint density at radius 3 is 2.76 bits per heavy atom. The molecule has 2 aromatic carbocycles. The molecule has 2 aromatic rings. The maximum atomic E-state index is 6.08. The number of ether oxygens (including phenoxy) is 1. The molecule has 2 heteroatoms. The Morgan fingerprint density at radius 2 is 1.90 bits per heavy atom. The fraction of sp³-hybridized carbons (Fsp3) is 0.368. The van der Waals surface area contributed by atoms with Crippen molar-refractivity contribution in [3.05, 3.63) is 59.2 Å². The summed E-state index contributed by atoms with van der Waals surface area (Å²) in [6, 6.07) is 15.4. The summed E-state index contributed by atoms with van der Waals surface area (Å²) < 4.78 is 6.08. The van der Waals surface area contributed by atoms with E-state index < -0.39 is 0 Å². The molecule has 2 atom stereocenters. The maximum absolute atomic E-state index is 6.08. The largest absolute Gasteiger partial charge is 0.493 e. The Morgan fingerprint density at radius 1 is 1.10 bits per heavy atom. The number of hydrogen-bond donors (Lipinski definition) is 1. The van der Waals surface area contributed by atoms with Gasteiger partial charge in [0.15, 0.2) is 0 Å². The number of aryl methyl sites for hydroxylation is 1. The summed E-state index contributed by atoms with van der Waals surface area (Å²) in [4.78, 5) is 0. The van der Waals surface area contributed by atoms with Crippen molar-refractivity contribution in [2.45, 2.75) is 32.2 Å². The molecule has 0 spiro atoms. The summed E-state index contributed by atoms with van der Waals surface area (Å²) in [6.45, 7) is 7.64. The molecule has 0 fully saturated rings. The fourth-order valence-corrected chi connectivity index (χ4v) is 3.99. The van der Waals surface area contributed by atoms with E-state index in [1.54, 1.807) is 0 Å². The molecule has 0 saturated heterocycles. The van der Waals surface area contributed by atoms with Crippen molar-refractivity contribution in [3.63, 3.8) is 0 Å². The summed E-state index contributed by atoms with van der Waals surface area (Å²) in [7, 11) is 0. The summed E-state index contributed by atoms with van der Waals surface area (Å²) in [6.07, 6.45) is 0. The van der Waals surface area contributed by atoms with Crippen LogP contribution in [-0.2, 0) is 5.41 Å². The first-order valence-corrected chi connectivity index (χ1v) is 7.67. The predicted octanol–water partition coefficient (Wildman–Crippen LogP) is 4.45. The summed E-state index contributed by atoms with van der Waals surface area (Å²) in [5.74, 6) is 1.49. The third kappa shape index (κ3) is 1.71. The minimum Gasteiger partial charge on any atom is -0.493 e. The average Bonchev–Trinajstić information content (AvgIpc) is 2.47. The van der Waals surface area contributed by atoms with Gasteiger partial charge in [0, 0.05) is 22.6 Å². The molecule has 0 unspecified atom stereocenters. The molecule has 0 aromatic heterocycles. The van der Waals surface area contributed by atoms with Crippen LogP contribution in [0.2, 0.25) is 0 Å². The van der Waals surface area contributed by atoms with E-state index in [0.717, 1.165) is 12.4 Å². The molecular weight excluding hydrogens is 258 g/mol. The number of hydrogen-bond acceptors (Lipinski definition) is 2. The quantitative estimate of drug-likeness (QED) is 0.769. The molecule has 0 radical (unpaired) electrons. The second-order valence-electron chi connectivity index (χ2n) is 6.79. The van der Waals surface area contributed by atoms with Gasteiger partial charge in [-0.1, -0.05) is 44.2 Å². The van der Waals surface area contributed by atoms with Crippen LogP contribution in [0.1, 0.15) is 36.6 Å². The first kappa shape index (κ1) is 12.8. The monoisotopic (exact) mass is 279 g/mol. The molecule has 0 aliphatic carbocycles. The van der Waals surface area contributed by atoms with Crippen molar-refractivity contribution in [3.8, 4) is 5.75 Å². The second kappa shape index (κ2) is 4.27. The summed E-state index contributed by atoms with van der Waals surface area (Å²) in [5.41, 5.74) is 5.40. The van der Waals surface area contributed by atoms with Crippen LogP contribution in [0.5, 0.6) is 5.75 Å². The van der Waals surface area contributed by atoms with Crippen LogP contribution in [0.4, 0.5) is 5.69 Å². The lowest BCUT2D eigenvalue weighted by Crippen LogP contribution is -2.46. The molecule has 0 bridgehead atoms. The van der Waals surface area contributed by atoms with Gasteiger partial charge in [0.2, 0.25) is 0 Å². The van der Waals surface area contributed by atoms with Crippen LogP contribution in [0.3, 0.4) is 0 Å². The second-order valence-corrected chi connectivity index (χ2v) is 6.79. The SMILES string of the molecule is Cc1cccc2c1[C@H]1Nc3ccccc3C(C)(C)[C@@H]1CO2. The average molecular weight is 279 g/mol. The van der Waals surface area contributed by atoms with Gasteiger partial charge < -0.3 is 10.1 Å². The zero-order chi connectivity index (χ0) is 14.6. The lowest BCUT2D eigenvalue weighted by atomic mass is 9.65. The third-order valence-electron chi connectivity index (χ3n) is 5.28. The molecule has 1 N–H and O–H groups in total. The number of benzene rings is 2. The Balaban J connectivity index is 1.91. The molecule has 0 amide bonds. The van der Waals surface area contributed by atoms with Crippen LogP contribution in [-0.4, -0.2) is 6.61 Å². The van der Waals surface area contributed by atoms with Gasteiger partial charge in [-0.05, 0) is 30.2 Å². The molecule has 2 aliphatic rings. The van der Waals surface area contributed by atoms with Crippen molar-refractivity contribution in [2.24, 2.45) is 5.92 Å². The van der Waals surface area contributed by atoms with Gasteiger partial charge in [-0.3, -0.25) is 0 Å². The minimum absolute atomic E-state index is 0.104. The van der Waals surface area contributed by atoms with E-state index in [4.69, 9.17) is 4.74 Å². The zero-order valence-electron chi connectivity index (χ0n) is 12.8. The van der Waals surface area contributed by atoms with Gasteiger partial charge in [0.05, 0.1) is 12.6 Å². The van der Waals surface area contributed by atoms with Gasteiger partial charge in [-0.25, -0.2) is 0 Å². The van der Waals surface area contributed by atoms with Crippen molar-refractivity contribution in [1.82, 2.24) is 0 Å². The van der Waals surface area contributed by atoms with E-state index in [2.05, 4.69) is 68.6 Å². The molecule has 108 valence electrons. The third-order valence-corrected chi connectivity index (χ3v) is 5.28. The molecule has 2 nitrogen and oxygen atoms in total. The summed E-state index contributed by atoms with van der Waals surface area (Å²) in [5, 5.41) is 3.77. The maximum Gasteiger partial charge on any atom is 0.124 e. The highest BCUT2D eigenvalue weighted by molar-refractivity contribution is 5.61. The molecule has 0 saturated carbocycles. The highest BCUT2D eigenvalue weighted by Gasteiger charge is 2.46. The van der Waals surface area contributed by atoms with Crippen molar-refractivity contribution in [2.75, 3.05) is 11.9 Å². The van der Waals surface area contributed by atoms with Gasteiger partial charge >= 0.3 is 0 Å². The van der Waals surface area contributed by atoms with Crippen LogP contribution < -0.4 is 10.1 Å². The Hall–Kier alpha value is -1.96. The van der Waals surface area contributed by atoms with E-state index >= 15 is 0 Å². The van der Waals surface area contributed by atoms with Crippen LogP contribution in [0.25, 0.3) is 0 Å². The van der Waals surface area contributed by atoms with E-state index in [0.29, 0.717) is 12.0 Å². The van der Waals surface area contributed by atoms with E-state index in [9.17, 15) is 0 Å². The number of fused-ring (bicyclic) bond motifs is 4. The molecule has 21 heavy (non-hydrogen) atoms. The minimum atomic E-state index is 0.104. The Bertz CT molecular complexity index is 704. The first-order valence-electron chi connectivity index (χ1n) is 7.67. The summed E-state index contributed by atoms with van der Waals surface area (Å²) >= 11 is 0. The van der Waals surface area contributed by atoms with Gasteiger partial charge in [-0.15, -0.1) is 0 Å².